The van der Waals surface area contributed by atoms with Gasteiger partial charge in [-0.05, 0) is 63.8 Å². The molecule has 0 radical (unpaired) electrons. The summed E-state index contributed by atoms with van der Waals surface area (Å²) in [7, 11) is 0. The van der Waals surface area contributed by atoms with E-state index in [9.17, 15) is 9.90 Å². The third-order valence-corrected chi connectivity index (χ3v) is 4.47. The lowest BCUT2D eigenvalue weighted by Gasteiger charge is -2.09. The van der Waals surface area contributed by atoms with Gasteiger partial charge in [0.1, 0.15) is 22.3 Å². The summed E-state index contributed by atoms with van der Waals surface area (Å²) in [5.41, 5.74) is 4.80. The van der Waals surface area contributed by atoms with Gasteiger partial charge in [-0.1, -0.05) is 41.5 Å². The van der Waals surface area contributed by atoms with Gasteiger partial charge in [0.25, 0.3) is 0 Å². The highest BCUT2D eigenvalue weighted by Crippen LogP contribution is 2.30. The molecule has 0 aliphatic rings. The second kappa shape index (κ2) is 7.20. The molecule has 0 amide bonds. The Morgan fingerprint density at radius 3 is 2.15 bits per heavy atom. The van der Waals surface area contributed by atoms with Crippen molar-refractivity contribution in [2.75, 3.05) is 0 Å². The molecule has 0 spiro atoms. The Hall–Kier alpha value is -2.81. The lowest BCUT2D eigenvalue weighted by molar-refractivity contribution is 0.474. The van der Waals surface area contributed by atoms with E-state index in [0.29, 0.717) is 29.4 Å². The molecule has 0 saturated heterocycles. The summed E-state index contributed by atoms with van der Waals surface area (Å²) in [6.07, 6.45) is 5.36. The smallest absolute Gasteiger partial charge is 0.204 e. The predicted molar refractivity (Wildman–Crippen MR) is 108 cm³/mol. The van der Waals surface area contributed by atoms with Crippen LogP contribution < -0.4 is 5.43 Å². The molecule has 3 heteroatoms. The first-order chi connectivity index (χ1) is 12.4. The van der Waals surface area contributed by atoms with E-state index in [1.54, 1.807) is 12.1 Å². The maximum absolute atomic E-state index is 13.2. The molecule has 0 saturated carbocycles. The number of rotatable bonds is 4. The fourth-order valence-electron chi connectivity index (χ4n) is 3.05. The molecule has 0 aliphatic carbocycles. The Balaban J connectivity index is 2.29. The molecule has 0 aliphatic heterocycles. The second-order valence-corrected chi connectivity index (χ2v) is 7.14. The zero-order valence-corrected chi connectivity index (χ0v) is 15.7. The Morgan fingerprint density at radius 1 is 0.885 bits per heavy atom. The fraction of sp³-hybridized carbons (Fsp3) is 0.261. The van der Waals surface area contributed by atoms with Crippen LogP contribution in [0.1, 0.15) is 38.8 Å². The van der Waals surface area contributed by atoms with Crippen LogP contribution in [0.25, 0.3) is 21.9 Å². The minimum atomic E-state index is -0.171. The van der Waals surface area contributed by atoms with Crippen LogP contribution in [-0.2, 0) is 12.8 Å². The number of phenols is 1. The molecule has 3 nitrogen and oxygen atoms in total. The van der Waals surface area contributed by atoms with Crippen molar-refractivity contribution in [3.63, 3.8) is 0 Å². The summed E-state index contributed by atoms with van der Waals surface area (Å²) in [5, 5.41) is 11.5. The molecule has 1 aromatic heterocycles. The molecule has 2 aromatic carbocycles. The monoisotopic (exact) mass is 348 g/mol. The summed E-state index contributed by atoms with van der Waals surface area (Å²) in [6, 6.07) is 9.23. The molecule has 134 valence electrons. The quantitative estimate of drug-likeness (QED) is 0.488. The lowest BCUT2D eigenvalue weighted by Crippen LogP contribution is -2.06. The molecule has 1 N–H and O–H groups in total. The van der Waals surface area contributed by atoms with E-state index in [-0.39, 0.29) is 16.6 Å². The highest BCUT2D eigenvalue weighted by molar-refractivity contribution is 5.95. The van der Waals surface area contributed by atoms with Crippen LogP contribution in [0.3, 0.4) is 0 Å². The SMILES string of the molecule is CC(C)=CCc1ccc2oc3cccc(CC=C(C)C)c3c(=O)c2c1O. The predicted octanol–water partition coefficient (Wildman–Crippen LogP) is 5.67. The Labute approximate surface area is 153 Å². The van der Waals surface area contributed by atoms with E-state index in [4.69, 9.17) is 4.42 Å². The minimum absolute atomic E-state index is 0.0210. The highest BCUT2D eigenvalue weighted by atomic mass is 16.3. The zero-order valence-electron chi connectivity index (χ0n) is 15.7. The number of hydrogen-bond acceptors (Lipinski definition) is 3. The van der Waals surface area contributed by atoms with Gasteiger partial charge in [-0.15, -0.1) is 0 Å². The molecule has 3 rings (SSSR count). The van der Waals surface area contributed by atoms with Crippen molar-refractivity contribution in [2.45, 2.75) is 40.5 Å². The van der Waals surface area contributed by atoms with E-state index in [1.807, 2.05) is 52.0 Å². The third-order valence-electron chi connectivity index (χ3n) is 4.47. The largest absolute Gasteiger partial charge is 0.507 e. The zero-order chi connectivity index (χ0) is 18.8. The van der Waals surface area contributed by atoms with Crippen LogP contribution in [0.5, 0.6) is 5.75 Å². The first-order valence-electron chi connectivity index (χ1n) is 8.84. The number of phenolic OH excluding ortho intramolecular Hbond substituents is 1. The molecule has 0 atom stereocenters. The number of hydrogen-bond donors (Lipinski definition) is 1. The van der Waals surface area contributed by atoms with Crippen LogP contribution in [0.2, 0.25) is 0 Å². The van der Waals surface area contributed by atoms with Crippen LogP contribution in [0.4, 0.5) is 0 Å². The number of benzene rings is 2. The van der Waals surface area contributed by atoms with E-state index >= 15 is 0 Å². The summed E-state index contributed by atoms with van der Waals surface area (Å²) in [5.74, 6) is 0.0210. The molecule has 0 fully saturated rings. The minimum Gasteiger partial charge on any atom is -0.507 e. The van der Waals surface area contributed by atoms with Crippen molar-refractivity contribution in [3.8, 4) is 5.75 Å². The van der Waals surface area contributed by atoms with E-state index < -0.39 is 0 Å². The van der Waals surface area contributed by atoms with Crippen molar-refractivity contribution < 1.29 is 9.52 Å². The average Bonchev–Trinajstić information content (AvgIpc) is 2.58. The van der Waals surface area contributed by atoms with Crippen molar-refractivity contribution in [1.29, 1.82) is 0 Å². The van der Waals surface area contributed by atoms with E-state index in [1.165, 1.54) is 11.1 Å². The van der Waals surface area contributed by atoms with Gasteiger partial charge in [0.15, 0.2) is 0 Å². The van der Waals surface area contributed by atoms with Crippen LogP contribution in [0, 0.1) is 0 Å². The average molecular weight is 348 g/mol. The summed E-state index contributed by atoms with van der Waals surface area (Å²) in [4.78, 5) is 13.2. The van der Waals surface area contributed by atoms with Gasteiger partial charge >= 0.3 is 0 Å². The Kier molecular flexibility index (Phi) is 4.99. The van der Waals surface area contributed by atoms with Crippen molar-refractivity contribution in [3.05, 3.63) is 75.0 Å². The normalized spacial score (nSPS) is 10.9. The van der Waals surface area contributed by atoms with Crippen molar-refractivity contribution >= 4 is 21.9 Å². The first kappa shape index (κ1) is 18.0. The van der Waals surface area contributed by atoms with Gasteiger partial charge in [-0.25, -0.2) is 0 Å². The molecule has 1 heterocycles. The topological polar surface area (TPSA) is 50.4 Å². The molecular formula is C23H24O3. The third kappa shape index (κ3) is 3.43. The standard InChI is InChI=1S/C23H24O3/c1-14(2)8-10-16-6-5-7-18-20(16)23(25)21-19(26-18)13-12-17(22(21)24)11-9-15(3)4/h5-9,12-13,24H,10-11H2,1-4H3. The van der Waals surface area contributed by atoms with Gasteiger partial charge in [0.05, 0.1) is 5.39 Å². The van der Waals surface area contributed by atoms with Crippen LogP contribution >= 0.6 is 0 Å². The van der Waals surface area contributed by atoms with E-state index in [0.717, 1.165) is 11.1 Å². The molecule has 0 unspecified atom stereocenters. The Morgan fingerprint density at radius 2 is 1.50 bits per heavy atom. The summed E-state index contributed by atoms with van der Waals surface area (Å²) in [6.45, 7) is 8.08. The molecule has 0 bridgehead atoms. The molecule has 3 aromatic rings. The molecular weight excluding hydrogens is 324 g/mol. The van der Waals surface area contributed by atoms with Gasteiger partial charge in [0.2, 0.25) is 5.43 Å². The highest BCUT2D eigenvalue weighted by Gasteiger charge is 2.16. The number of allylic oxidation sites excluding steroid dienone is 4. The lowest BCUT2D eigenvalue weighted by atomic mass is 10.0. The van der Waals surface area contributed by atoms with E-state index in [2.05, 4.69) is 6.08 Å². The first-order valence-corrected chi connectivity index (χ1v) is 8.84. The van der Waals surface area contributed by atoms with Crippen LogP contribution in [0.15, 0.2) is 62.8 Å². The van der Waals surface area contributed by atoms with Gasteiger partial charge in [0, 0.05) is 0 Å². The van der Waals surface area contributed by atoms with Crippen LogP contribution in [-0.4, -0.2) is 5.11 Å². The summed E-state index contributed by atoms with van der Waals surface area (Å²) >= 11 is 0. The fourth-order valence-corrected chi connectivity index (χ4v) is 3.05. The maximum atomic E-state index is 13.2. The van der Waals surface area contributed by atoms with Gasteiger partial charge in [-0.3, -0.25) is 4.79 Å². The van der Waals surface area contributed by atoms with Crippen molar-refractivity contribution in [2.24, 2.45) is 0 Å². The number of aromatic hydroxyl groups is 1. The summed E-state index contributed by atoms with van der Waals surface area (Å²) < 4.78 is 5.94. The molecule has 26 heavy (non-hydrogen) atoms. The Bertz CT molecular complexity index is 1090. The number of fused-ring (bicyclic) bond motifs is 2. The van der Waals surface area contributed by atoms with Crippen molar-refractivity contribution in [1.82, 2.24) is 0 Å². The van der Waals surface area contributed by atoms with Gasteiger partial charge < -0.3 is 9.52 Å². The maximum Gasteiger partial charge on any atom is 0.204 e. The second-order valence-electron chi connectivity index (χ2n) is 7.14. The van der Waals surface area contributed by atoms with Gasteiger partial charge in [-0.2, -0.15) is 0 Å².